The summed E-state index contributed by atoms with van der Waals surface area (Å²) in [6.07, 6.45) is 18.7. The average Bonchev–Trinajstić information content (AvgIpc) is 2.74. The third-order valence-corrected chi connectivity index (χ3v) is 5.88. The summed E-state index contributed by atoms with van der Waals surface area (Å²) in [5.74, 6) is 1.15. The Labute approximate surface area is 139 Å². The Morgan fingerprint density at radius 1 is 1.13 bits per heavy atom. The van der Waals surface area contributed by atoms with Crippen LogP contribution in [0.1, 0.15) is 40.0 Å². The van der Waals surface area contributed by atoms with Gasteiger partial charge in [0.15, 0.2) is 0 Å². The summed E-state index contributed by atoms with van der Waals surface area (Å²) >= 11 is 0. The molecule has 1 atom stereocenters. The molecule has 0 saturated carbocycles. The Morgan fingerprint density at radius 2 is 1.96 bits per heavy atom. The van der Waals surface area contributed by atoms with E-state index >= 15 is 0 Å². The molecule has 120 valence electrons. The van der Waals surface area contributed by atoms with Crippen molar-refractivity contribution in [2.45, 2.75) is 45.8 Å². The molecule has 4 aliphatic rings. The molecule has 0 bridgehead atoms. The van der Waals surface area contributed by atoms with Gasteiger partial charge in [-0.3, -0.25) is 0 Å². The molecule has 0 aromatic carbocycles. The average molecular weight is 307 g/mol. The molecule has 2 aliphatic carbocycles. The molecule has 0 aromatic heterocycles. The van der Waals surface area contributed by atoms with E-state index in [4.69, 9.17) is 4.74 Å². The quantitative estimate of drug-likeness (QED) is 0.624. The second-order valence-electron chi connectivity index (χ2n) is 7.54. The number of ether oxygens (including phenoxy) is 1. The zero-order valence-electron chi connectivity index (χ0n) is 14.5. The van der Waals surface area contributed by atoms with Crippen molar-refractivity contribution in [3.8, 4) is 0 Å². The number of hydrogen-bond donors (Lipinski definition) is 0. The van der Waals surface area contributed by atoms with Crippen LogP contribution in [-0.4, -0.2) is 17.7 Å². The molecular weight excluding hydrogens is 282 g/mol. The van der Waals surface area contributed by atoms with Gasteiger partial charge in [-0.25, -0.2) is 0 Å². The van der Waals surface area contributed by atoms with E-state index in [0.29, 0.717) is 0 Å². The molecule has 0 N–H and O–H groups in total. The zero-order chi connectivity index (χ0) is 16.2. The second kappa shape index (κ2) is 4.77. The molecule has 4 rings (SSSR count). The van der Waals surface area contributed by atoms with Crippen molar-refractivity contribution in [1.82, 2.24) is 4.90 Å². The van der Waals surface area contributed by atoms with Gasteiger partial charge < -0.3 is 9.64 Å². The van der Waals surface area contributed by atoms with E-state index in [0.717, 1.165) is 25.0 Å². The van der Waals surface area contributed by atoms with Crippen molar-refractivity contribution < 1.29 is 4.74 Å². The lowest BCUT2D eigenvalue weighted by atomic mass is 9.74. The normalized spacial score (nSPS) is 31.1. The van der Waals surface area contributed by atoms with Crippen molar-refractivity contribution in [2.75, 3.05) is 7.05 Å². The van der Waals surface area contributed by atoms with Crippen molar-refractivity contribution in [3.63, 3.8) is 0 Å². The number of nitrogens with zero attached hydrogens (tertiary/aromatic N) is 1. The Hall–Kier alpha value is -1.96. The van der Waals surface area contributed by atoms with E-state index in [1.165, 1.54) is 22.4 Å². The van der Waals surface area contributed by atoms with Gasteiger partial charge in [-0.1, -0.05) is 29.9 Å². The van der Waals surface area contributed by atoms with E-state index < -0.39 is 5.72 Å². The lowest BCUT2D eigenvalue weighted by Gasteiger charge is -2.48. The smallest absolute Gasteiger partial charge is 0.211 e. The Bertz CT molecular complexity index is 742. The number of hydrogen-bond acceptors (Lipinski definition) is 2. The van der Waals surface area contributed by atoms with Gasteiger partial charge in [0.2, 0.25) is 5.72 Å². The summed E-state index contributed by atoms with van der Waals surface area (Å²) in [6.45, 7) is 6.84. The van der Waals surface area contributed by atoms with Crippen molar-refractivity contribution in [2.24, 2.45) is 5.41 Å². The first-order chi connectivity index (χ1) is 11.0. The van der Waals surface area contributed by atoms with Gasteiger partial charge in [-0.05, 0) is 57.4 Å². The first-order valence-electron chi connectivity index (χ1n) is 8.55. The summed E-state index contributed by atoms with van der Waals surface area (Å²) in [7, 11) is 2.17. The molecular formula is C21H25NO. The van der Waals surface area contributed by atoms with Crippen molar-refractivity contribution in [1.29, 1.82) is 0 Å². The number of rotatable bonds is 0. The predicted molar refractivity (Wildman–Crippen MR) is 94.4 cm³/mol. The Kier molecular flexibility index (Phi) is 3.03. The fraction of sp³-hybridized carbons (Fsp3) is 0.429. The maximum absolute atomic E-state index is 6.72. The maximum atomic E-state index is 6.72. The number of allylic oxidation sites excluding steroid dienone is 9. The highest BCUT2D eigenvalue weighted by Crippen LogP contribution is 2.56. The van der Waals surface area contributed by atoms with Crippen LogP contribution in [0.15, 0.2) is 70.7 Å². The molecule has 2 heterocycles. The summed E-state index contributed by atoms with van der Waals surface area (Å²) in [5, 5.41) is 0. The molecule has 0 saturated heterocycles. The highest BCUT2D eigenvalue weighted by atomic mass is 16.5. The molecule has 1 unspecified atom stereocenters. The fourth-order valence-corrected chi connectivity index (χ4v) is 4.39. The summed E-state index contributed by atoms with van der Waals surface area (Å²) in [5.41, 5.74) is 4.97. The van der Waals surface area contributed by atoms with Gasteiger partial charge >= 0.3 is 0 Å². The summed E-state index contributed by atoms with van der Waals surface area (Å²) in [4.78, 5) is 2.33. The monoisotopic (exact) mass is 307 g/mol. The largest absolute Gasteiger partial charge is 0.467 e. The summed E-state index contributed by atoms with van der Waals surface area (Å²) < 4.78 is 6.72. The van der Waals surface area contributed by atoms with Crippen LogP contribution >= 0.6 is 0 Å². The number of likely N-dealkylation sites (N-methyl/N-ethyl adjacent to an activating group) is 1. The van der Waals surface area contributed by atoms with Crippen LogP contribution < -0.4 is 0 Å². The van der Waals surface area contributed by atoms with Crippen LogP contribution in [0.4, 0.5) is 0 Å². The molecule has 0 aromatic rings. The Balaban J connectivity index is 1.78. The van der Waals surface area contributed by atoms with Gasteiger partial charge in [-0.15, -0.1) is 0 Å². The van der Waals surface area contributed by atoms with Gasteiger partial charge in [0, 0.05) is 24.7 Å². The first kappa shape index (κ1) is 14.6. The van der Waals surface area contributed by atoms with E-state index in [9.17, 15) is 0 Å². The van der Waals surface area contributed by atoms with E-state index in [-0.39, 0.29) is 5.41 Å². The van der Waals surface area contributed by atoms with Gasteiger partial charge in [0.05, 0.1) is 5.41 Å². The summed E-state index contributed by atoms with van der Waals surface area (Å²) in [6, 6.07) is 0. The predicted octanol–water partition coefficient (Wildman–Crippen LogP) is 5.01. The van der Waals surface area contributed by atoms with Gasteiger partial charge in [-0.2, -0.15) is 0 Å². The van der Waals surface area contributed by atoms with Crippen LogP contribution in [0.25, 0.3) is 0 Å². The van der Waals surface area contributed by atoms with Crippen molar-refractivity contribution in [3.05, 3.63) is 70.7 Å². The Morgan fingerprint density at radius 3 is 2.78 bits per heavy atom. The van der Waals surface area contributed by atoms with Gasteiger partial charge in [0.25, 0.3) is 0 Å². The van der Waals surface area contributed by atoms with Crippen LogP contribution in [0.5, 0.6) is 0 Å². The van der Waals surface area contributed by atoms with E-state index in [2.05, 4.69) is 75.3 Å². The highest BCUT2D eigenvalue weighted by Gasteiger charge is 2.58. The van der Waals surface area contributed by atoms with Crippen LogP contribution in [0.3, 0.4) is 0 Å². The minimum atomic E-state index is -0.412. The molecule has 23 heavy (non-hydrogen) atoms. The third kappa shape index (κ3) is 1.87. The molecule has 0 radical (unpaired) electrons. The first-order valence-corrected chi connectivity index (χ1v) is 8.55. The molecule has 2 nitrogen and oxygen atoms in total. The van der Waals surface area contributed by atoms with Crippen LogP contribution in [-0.2, 0) is 4.74 Å². The van der Waals surface area contributed by atoms with Crippen molar-refractivity contribution >= 4 is 0 Å². The fourth-order valence-electron chi connectivity index (χ4n) is 4.39. The zero-order valence-corrected chi connectivity index (χ0v) is 14.5. The third-order valence-electron chi connectivity index (χ3n) is 5.88. The molecule has 0 amide bonds. The van der Waals surface area contributed by atoms with E-state index in [1.54, 1.807) is 0 Å². The van der Waals surface area contributed by atoms with Crippen LogP contribution in [0, 0.1) is 5.41 Å². The lowest BCUT2D eigenvalue weighted by Crippen LogP contribution is -2.53. The molecule has 1 spiro atoms. The van der Waals surface area contributed by atoms with Crippen LogP contribution in [0.2, 0.25) is 0 Å². The molecule has 2 heteroatoms. The standard InChI is InChI=1S/C21H25NO/c1-15-10-11-19-16(14-15)12-13-21(23-19)20(2,3)17-8-6-5-7-9-18(17)22(21)4/h5-7,9,12-14H,8,10-11H2,1-4H3. The minimum Gasteiger partial charge on any atom is -0.467 e. The molecule has 2 aliphatic heterocycles. The minimum absolute atomic E-state index is 0.0681. The SMILES string of the molecule is CC1=CC2=C(CC1)OC1(C=C2)N(C)C2=C(CC=CC=C2)C1(C)C. The van der Waals surface area contributed by atoms with E-state index in [1.807, 2.05) is 0 Å². The molecule has 0 fully saturated rings. The lowest BCUT2D eigenvalue weighted by molar-refractivity contribution is -0.113. The maximum Gasteiger partial charge on any atom is 0.211 e. The van der Waals surface area contributed by atoms with Gasteiger partial charge in [0.1, 0.15) is 5.76 Å². The highest BCUT2D eigenvalue weighted by molar-refractivity contribution is 5.49. The topological polar surface area (TPSA) is 12.5 Å². The second-order valence-corrected chi connectivity index (χ2v) is 7.54.